The Balaban J connectivity index is 3.89. The highest BCUT2D eigenvalue weighted by Gasteiger charge is 2.23. The number of likely N-dealkylation sites (N-methyl/N-ethyl adjacent to an activating group) is 1. The first-order valence-electron chi connectivity index (χ1n) is 32.5. The monoisotopic (exact) mass is 1070 g/mol. The molecule has 3 unspecified atom stereocenters. The fourth-order valence-corrected chi connectivity index (χ4v) is 10.4. The number of phosphoric ester groups is 1. The zero-order valence-electron chi connectivity index (χ0n) is 50.5. The smallest absolute Gasteiger partial charge is 0.268 e. The van der Waals surface area contributed by atoms with Gasteiger partial charge in [0.15, 0.2) is 0 Å². The number of aliphatic hydroxyl groups is 1. The Bertz CT molecular complexity index is 1360. The van der Waals surface area contributed by atoms with Gasteiger partial charge >= 0.3 is 0 Å². The summed E-state index contributed by atoms with van der Waals surface area (Å²) in [5.74, 6) is -0.193. The highest BCUT2D eigenvalue weighted by molar-refractivity contribution is 7.45. The Labute approximate surface area is 467 Å². The molecule has 0 aromatic heterocycles. The third-order valence-electron chi connectivity index (χ3n) is 14.8. The molecule has 2 N–H and O–H groups in total. The van der Waals surface area contributed by atoms with Crippen LogP contribution in [0.4, 0.5) is 0 Å². The summed E-state index contributed by atoms with van der Waals surface area (Å²) in [5.41, 5.74) is 0. The predicted molar refractivity (Wildman–Crippen MR) is 325 cm³/mol. The van der Waals surface area contributed by atoms with Crippen molar-refractivity contribution in [1.82, 2.24) is 5.32 Å². The molecule has 0 saturated carbocycles. The average molecular weight is 1080 g/mol. The minimum absolute atomic E-state index is 0.000527. The molecule has 0 fully saturated rings. The van der Waals surface area contributed by atoms with E-state index >= 15 is 0 Å². The van der Waals surface area contributed by atoms with Crippen molar-refractivity contribution >= 4 is 13.7 Å². The van der Waals surface area contributed by atoms with Gasteiger partial charge in [-0.15, -0.1) is 0 Å². The third-order valence-corrected chi connectivity index (χ3v) is 15.7. The number of hydrogen-bond acceptors (Lipinski definition) is 6. The van der Waals surface area contributed by atoms with E-state index in [4.69, 9.17) is 9.05 Å². The van der Waals surface area contributed by atoms with E-state index in [0.29, 0.717) is 17.4 Å². The van der Waals surface area contributed by atoms with Crippen LogP contribution in [0.1, 0.15) is 316 Å². The number of aliphatic hydroxyl groups excluding tert-OH is 1. The van der Waals surface area contributed by atoms with Crippen LogP contribution >= 0.6 is 7.82 Å². The molecular formula is C66H127N2O6P. The van der Waals surface area contributed by atoms with Gasteiger partial charge in [-0.3, -0.25) is 9.36 Å². The molecule has 0 saturated heterocycles. The summed E-state index contributed by atoms with van der Waals surface area (Å²) in [7, 11) is 1.27. The molecule has 0 bridgehead atoms. The first-order chi connectivity index (χ1) is 36.5. The van der Waals surface area contributed by atoms with Crippen molar-refractivity contribution in [2.24, 2.45) is 0 Å². The minimum Gasteiger partial charge on any atom is -0.756 e. The maximum absolute atomic E-state index is 13.0. The Kier molecular flexibility index (Phi) is 56.0. The normalized spacial score (nSPS) is 14.1. The zero-order valence-corrected chi connectivity index (χ0v) is 51.4. The lowest BCUT2D eigenvalue weighted by atomic mass is 10.0. The number of carbonyl (C=O) groups excluding carboxylic acids is 1. The molecule has 3 atom stereocenters. The lowest BCUT2D eigenvalue weighted by Crippen LogP contribution is -2.45. The van der Waals surface area contributed by atoms with Crippen molar-refractivity contribution in [1.29, 1.82) is 0 Å². The quantitative estimate of drug-likeness (QED) is 0.0272. The topological polar surface area (TPSA) is 108 Å². The number of rotatable bonds is 60. The number of amides is 1. The van der Waals surface area contributed by atoms with Gasteiger partial charge in [-0.1, -0.05) is 300 Å². The van der Waals surface area contributed by atoms with Crippen LogP contribution < -0.4 is 10.2 Å². The average Bonchev–Trinajstić information content (AvgIpc) is 3.37. The number of allylic oxidation sites excluding steroid dienone is 7. The van der Waals surface area contributed by atoms with Crippen LogP contribution in [-0.2, 0) is 18.4 Å². The second kappa shape index (κ2) is 57.2. The number of carbonyl (C=O) groups is 1. The summed E-state index contributed by atoms with van der Waals surface area (Å²) in [4.78, 5) is 25.5. The summed E-state index contributed by atoms with van der Waals surface area (Å²) in [5, 5.41) is 13.9. The van der Waals surface area contributed by atoms with Crippen LogP contribution in [0.2, 0.25) is 0 Å². The minimum atomic E-state index is -4.59. The van der Waals surface area contributed by atoms with Crippen molar-refractivity contribution in [3.63, 3.8) is 0 Å². The van der Waals surface area contributed by atoms with Gasteiger partial charge in [0.05, 0.1) is 39.9 Å². The van der Waals surface area contributed by atoms with Gasteiger partial charge < -0.3 is 28.8 Å². The maximum atomic E-state index is 13.0. The molecule has 9 heteroatoms. The van der Waals surface area contributed by atoms with E-state index in [1.807, 2.05) is 27.2 Å². The van der Waals surface area contributed by atoms with E-state index in [1.165, 1.54) is 244 Å². The molecular weight excluding hydrogens is 948 g/mol. The fourth-order valence-electron chi connectivity index (χ4n) is 9.69. The van der Waals surface area contributed by atoms with Crippen molar-refractivity contribution in [2.45, 2.75) is 328 Å². The van der Waals surface area contributed by atoms with E-state index in [0.717, 1.165) is 51.4 Å². The van der Waals surface area contributed by atoms with Crippen molar-refractivity contribution < 1.29 is 32.9 Å². The Hall–Kier alpha value is -1.54. The fraction of sp³-hybridized carbons (Fsp3) is 0.864. The molecule has 8 nitrogen and oxygen atoms in total. The molecule has 1 amide bonds. The first kappa shape index (κ1) is 73.5. The number of quaternary nitrogens is 1. The predicted octanol–water partition coefficient (Wildman–Crippen LogP) is 19.6. The van der Waals surface area contributed by atoms with Gasteiger partial charge in [0.2, 0.25) is 5.91 Å². The molecule has 0 rings (SSSR count). The van der Waals surface area contributed by atoms with Gasteiger partial charge in [0, 0.05) is 6.42 Å². The standard InChI is InChI=1S/C66H127N2O6P/c1-6-8-10-12-14-16-18-20-22-23-24-25-26-27-28-29-30-31-32-33-34-35-36-37-38-39-40-41-42-43-44-45-46-48-50-52-54-56-58-60-66(70)67-64(63-74-75(71,72)73-62-61-68(3,4)5)65(69)59-57-55-53-51-49-47-21-19-17-15-13-11-9-7-2/h18,20,23-24,26-27,57,59,64-65,69H,6-17,19,21-22,25,28-56,58,60-63H2,1-5H3,(H-,67,70,71,72)/b20-18-,24-23-,27-26-,59-57+. The summed E-state index contributed by atoms with van der Waals surface area (Å²) in [6, 6.07) is -0.885. The molecule has 0 heterocycles. The second-order valence-electron chi connectivity index (χ2n) is 23.5. The Morgan fingerprint density at radius 1 is 0.467 bits per heavy atom. The van der Waals surface area contributed by atoms with Gasteiger partial charge in [-0.25, -0.2) is 0 Å². The van der Waals surface area contributed by atoms with Gasteiger partial charge in [0.1, 0.15) is 13.2 Å². The summed E-state index contributed by atoms with van der Waals surface area (Å²) >= 11 is 0. The van der Waals surface area contributed by atoms with E-state index in [2.05, 4.69) is 55.6 Å². The van der Waals surface area contributed by atoms with E-state index in [1.54, 1.807) is 6.08 Å². The van der Waals surface area contributed by atoms with Crippen molar-refractivity contribution in [3.8, 4) is 0 Å². The lowest BCUT2D eigenvalue weighted by Gasteiger charge is -2.29. The number of unbranched alkanes of at least 4 members (excludes halogenated alkanes) is 41. The second-order valence-corrected chi connectivity index (χ2v) is 24.9. The molecule has 442 valence electrons. The number of nitrogens with zero attached hydrogens (tertiary/aromatic N) is 1. The van der Waals surface area contributed by atoms with Crippen LogP contribution in [0.5, 0.6) is 0 Å². The first-order valence-corrected chi connectivity index (χ1v) is 34.0. The van der Waals surface area contributed by atoms with Crippen LogP contribution in [0.3, 0.4) is 0 Å². The molecule has 0 aliphatic carbocycles. The summed E-state index contributed by atoms with van der Waals surface area (Å²) in [6.45, 7) is 4.66. The maximum Gasteiger partial charge on any atom is 0.268 e. The van der Waals surface area contributed by atoms with Crippen molar-refractivity contribution in [2.75, 3.05) is 40.9 Å². The van der Waals surface area contributed by atoms with Gasteiger partial charge in [0.25, 0.3) is 7.82 Å². The SMILES string of the molecule is CCCCCCC/C=C\C/C=C\C/C=C\CCCCCCCCCCCCCCCCCCCCCCCCCCC(=O)NC(COP(=O)([O-])OCC[N+](C)(C)C)C(O)/C=C/CCCCCCCCCCCCCC. The summed E-state index contributed by atoms with van der Waals surface area (Å²) in [6.07, 6.45) is 76.6. The number of hydrogen-bond donors (Lipinski definition) is 2. The molecule has 0 aliphatic rings. The van der Waals surface area contributed by atoms with Crippen molar-refractivity contribution in [3.05, 3.63) is 48.6 Å². The van der Waals surface area contributed by atoms with Gasteiger partial charge in [-0.05, 0) is 57.8 Å². The molecule has 75 heavy (non-hydrogen) atoms. The molecule has 0 radical (unpaired) electrons. The number of nitrogens with one attached hydrogen (secondary N) is 1. The third kappa shape index (κ3) is 60.0. The van der Waals surface area contributed by atoms with Crippen LogP contribution in [0, 0.1) is 0 Å². The van der Waals surface area contributed by atoms with Crippen LogP contribution in [-0.4, -0.2) is 68.5 Å². The Morgan fingerprint density at radius 2 is 0.773 bits per heavy atom. The molecule has 0 aliphatic heterocycles. The molecule has 0 spiro atoms. The zero-order chi connectivity index (χ0) is 54.9. The summed E-state index contributed by atoms with van der Waals surface area (Å²) < 4.78 is 23.3. The molecule has 0 aromatic carbocycles. The van der Waals surface area contributed by atoms with Crippen LogP contribution in [0.15, 0.2) is 48.6 Å². The van der Waals surface area contributed by atoms with E-state index in [-0.39, 0.29) is 19.1 Å². The highest BCUT2D eigenvalue weighted by Crippen LogP contribution is 2.38. The van der Waals surface area contributed by atoms with Crippen LogP contribution in [0.25, 0.3) is 0 Å². The molecule has 0 aromatic rings. The van der Waals surface area contributed by atoms with E-state index in [9.17, 15) is 19.4 Å². The highest BCUT2D eigenvalue weighted by atomic mass is 31.2. The number of phosphoric acid groups is 1. The van der Waals surface area contributed by atoms with Gasteiger partial charge in [-0.2, -0.15) is 0 Å². The van der Waals surface area contributed by atoms with E-state index < -0.39 is 20.0 Å². The largest absolute Gasteiger partial charge is 0.756 e. The Morgan fingerprint density at radius 3 is 1.12 bits per heavy atom. The lowest BCUT2D eigenvalue weighted by molar-refractivity contribution is -0.870.